The van der Waals surface area contributed by atoms with Crippen LogP contribution in [0.4, 0.5) is 0 Å². The van der Waals surface area contributed by atoms with Crippen molar-refractivity contribution in [2.24, 2.45) is 7.05 Å². The Labute approximate surface area is 122 Å². The van der Waals surface area contributed by atoms with Crippen molar-refractivity contribution >= 4 is 16.0 Å². The fourth-order valence-corrected chi connectivity index (χ4v) is 2.84. The van der Waals surface area contributed by atoms with Crippen LogP contribution >= 0.6 is 0 Å². The number of hydrogen-bond donors (Lipinski definition) is 2. The summed E-state index contributed by atoms with van der Waals surface area (Å²) in [5.74, 6) is -0.644. The molecule has 0 spiro atoms. The summed E-state index contributed by atoms with van der Waals surface area (Å²) in [5, 5.41) is 8.78. The second-order valence-corrected chi connectivity index (χ2v) is 6.34. The van der Waals surface area contributed by atoms with Crippen LogP contribution < -0.4 is 4.72 Å². The van der Waals surface area contributed by atoms with Crippen molar-refractivity contribution in [1.82, 2.24) is 14.3 Å². The lowest BCUT2D eigenvalue weighted by atomic mass is 10.1. The lowest BCUT2D eigenvalue weighted by Gasteiger charge is -2.07. The molecule has 2 aromatic rings. The quantitative estimate of drug-likeness (QED) is 0.819. The molecule has 0 amide bonds. The van der Waals surface area contributed by atoms with Crippen LogP contribution in [0.15, 0.2) is 36.7 Å². The average Bonchev–Trinajstić information content (AvgIpc) is 2.82. The summed E-state index contributed by atoms with van der Waals surface area (Å²) in [6.07, 6.45) is 3.32. The molecular formula is C13H15N3O4S. The maximum absolute atomic E-state index is 12.0. The first-order valence-corrected chi connectivity index (χ1v) is 7.78. The van der Waals surface area contributed by atoms with Crippen molar-refractivity contribution in [2.75, 3.05) is 0 Å². The summed E-state index contributed by atoms with van der Waals surface area (Å²) in [6, 6.07) is 5.74. The van der Waals surface area contributed by atoms with E-state index in [0.29, 0.717) is 11.4 Å². The first-order valence-electron chi connectivity index (χ1n) is 6.13. The van der Waals surface area contributed by atoms with Crippen LogP contribution in [-0.2, 0) is 29.4 Å². The van der Waals surface area contributed by atoms with Crippen molar-refractivity contribution in [1.29, 1.82) is 0 Å². The van der Waals surface area contributed by atoms with Crippen LogP contribution in [0.5, 0.6) is 0 Å². The molecule has 2 N–H and O–H groups in total. The van der Waals surface area contributed by atoms with Crippen molar-refractivity contribution in [3.8, 4) is 0 Å². The van der Waals surface area contributed by atoms with E-state index in [2.05, 4.69) is 9.71 Å². The van der Waals surface area contributed by atoms with Gasteiger partial charge >= 0.3 is 5.97 Å². The Morgan fingerprint density at radius 1 is 1.33 bits per heavy atom. The molecule has 0 atom stereocenters. The lowest BCUT2D eigenvalue weighted by Crippen LogP contribution is -2.26. The van der Waals surface area contributed by atoms with Gasteiger partial charge < -0.3 is 9.67 Å². The minimum absolute atomic E-state index is 0.110. The van der Waals surface area contributed by atoms with Gasteiger partial charge in [0, 0.05) is 19.4 Å². The van der Waals surface area contributed by atoms with E-state index < -0.39 is 16.0 Å². The summed E-state index contributed by atoms with van der Waals surface area (Å²) in [7, 11) is -1.73. The molecular weight excluding hydrogens is 294 g/mol. The first-order chi connectivity index (χ1) is 9.87. The molecule has 0 aliphatic carbocycles. The van der Waals surface area contributed by atoms with Gasteiger partial charge in [0.2, 0.25) is 10.0 Å². The molecule has 0 bridgehead atoms. The Bertz CT molecular complexity index is 735. The number of nitrogens with zero attached hydrogens (tertiary/aromatic N) is 2. The summed E-state index contributed by atoms with van der Waals surface area (Å²) in [4.78, 5) is 14.8. The largest absolute Gasteiger partial charge is 0.478 e. The predicted octanol–water partition coefficient (Wildman–Crippen LogP) is 0.738. The third-order valence-electron chi connectivity index (χ3n) is 2.93. The number of sulfonamides is 1. The molecule has 1 heterocycles. The summed E-state index contributed by atoms with van der Waals surface area (Å²) < 4.78 is 28.1. The number of aromatic carboxylic acids is 1. The number of nitrogens with one attached hydrogen (secondary N) is 1. The van der Waals surface area contributed by atoms with E-state index in [1.54, 1.807) is 24.0 Å². The maximum atomic E-state index is 12.0. The van der Waals surface area contributed by atoms with Gasteiger partial charge in [0.15, 0.2) is 0 Å². The Hall–Kier alpha value is -2.19. The van der Waals surface area contributed by atoms with Crippen molar-refractivity contribution in [2.45, 2.75) is 12.3 Å². The van der Waals surface area contributed by atoms with Gasteiger partial charge in [-0.05, 0) is 17.7 Å². The molecule has 0 saturated heterocycles. The molecule has 112 valence electrons. The van der Waals surface area contributed by atoms with Crippen molar-refractivity contribution in [3.05, 3.63) is 53.6 Å². The molecule has 2 rings (SSSR count). The van der Waals surface area contributed by atoms with Crippen LogP contribution in [0.3, 0.4) is 0 Å². The molecule has 1 aromatic carbocycles. The van der Waals surface area contributed by atoms with Gasteiger partial charge in [0.1, 0.15) is 5.82 Å². The molecule has 7 nitrogen and oxygen atoms in total. The highest BCUT2D eigenvalue weighted by Crippen LogP contribution is 2.08. The standard InChI is InChI=1S/C13H15N3O4S/c1-16-7-6-14-12(16)8-15-21(19,20)9-10-2-4-11(5-3-10)13(17)18/h2-7,15H,8-9H2,1H3,(H,17,18). The van der Waals surface area contributed by atoms with Gasteiger partial charge in [-0.3, -0.25) is 0 Å². The van der Waals surface area contributed by atoms with Crippen molar-refractivity contribution in [3.63, 3.8) is 0 Å². The molecule has 8 heteroatoms. The van der Waals surface area contributed by atoms with Crippen LogP contribution in [0, 0.1) is 0 Å². The van der Waals surface area contributed by atoms with Crippen molar-refractivity contribution < 1.29 is 18.3 Å². The number of carbonyl (C=O) groups is 1. The minimum atomic E-state index is -3.51. The van der Waals surface area contributed by atoms with Gasteiger partial charge in [0.25, 0.3) is 0 Å². The number of hydrogen-bond acceptors (Lipinski definition) is 4. The van der Waals surface area contributed by atoms with Gasteiger partial charge in [-0.1, -0.05) is 12.1 Å². The first kappa shape index (κ1) is 15.2. The third-order valence-corrected chi connectivity index (χ3v) is 4.23. The second-order valence-electron chi connectivity index (χ2n) is 4.54. The number of aryl methyl sites for hydroxylation is 1. The summed E-state index contributed by atoms with van der Waals surface area (Å²) in [5.41, 5.74) is 0.643. The molecule has 0 aliphatic heterocycles. The number of carboxylic acids is 1. The van der Waals surface area contributed by atoms with E-state index in [1.807, 2.05) is 0 Å². The van der Waals surface area contributed by atoms with Gasteiger partial charge in [-0.2, -0.15) is 0 Å². The Kier molecular flexibility index (Phi) is 4.39. The highest BCUT2D eigenvalue weighted by Gasteiger charge is 2.13. The zero-order chi connectivity index (χ0) is 15.5. The molecule has 0 unspecified atom stereocenters. The second kappa shape index (κ2) is 6.06. The van der Waals surface area contributed by atoms with Crippen LogP contribution in [-0.4, -0.2) is 29.0 Å². The number of carboxylic acid groups (broad SMARTS) is 1. The van der Waals surface area contributed by atoms with E-state index in [1.165, 1.54) is 24.3 Å². The minimum Gasteiger partial charge on any atom is -0.478 e. The SMILES string of the molecule is Cn1ccnc1CNS(=O)(=O)Cc1ccc(C(=O)O)cc1. The lowest BCUT2D eigenvalue weighted by molar-refractivity contribution is 0.0697. The monoisotopic (exact) mass is 309 g/mol. The van der Waals surface area contributed by atoms with E-state index in [4.69, 9.17) is 5.11 Å². The van der Waals surface area contributed by atoms with Gasteiger partial charge in [0.05, 0.1) is 17.9 Å². The van der Waals surface area contributed by atoms with Crippen LogP contribution in [0.25, 0.3) is 0 Å². The number of benzene rings is 1. The van der Waals surface area contributed by atoms with E-state index in [-0.39, 0.29) is 17.9 Å². The number of imidazole rings is 1. The molecule has 0 radical (unpaired) electrons. The molecule has 0 fully saturated rings. The van der Waals surface area contributed by atoms with E-state index in [0.717, 1.165) is 0 Å². The Morgan fingerprint density at radius 2 is 2.00 bits per heavy atom. The van der Waals surface area contributed by atoms with E-state index in [9.17, 15) is 13.2 Å². The van der Waals surface area contributed by atoms with Crippen LogP contribution in [0.2, 0.25) is 0 Å². The maximum Gasteiger partial charge on any atom is 0.335 e. The molecule has 0 saturated carbocycles. The molecule has 21 heavy (non-hydrogen) atoms. The number of rotatable bonds is 6. The highest BCUT2D eigenvalue weighted by atomic mass is 32.2. The zero-order valence-electron chi connectivity index (χ0n) is 11.4. The zero-order valence-corrected chi connectivity index (χ0v) is 12.2. The van der Waals surface area contributed by atoms with E-state index >= 15 is 0 Å². The normalized spacial score (nSPS) is 11.5. The average molecular weight is 309 g/mol. The van der Waals surface area contributed by atoms with Crippen LogP contribution in [0.1, 0.15) is 21.7 Å². The summed E-state index contributed by atoms with van der Waals surface area (Å²) in [6.45, 7) is 0.110. The fourth-order valence-electron chi connectivity index (χ4n) is 1.76. The fraction of sp³-hybridized carbons (Fsp3) is 0.231. The Morgan fingerprint density at radius 3 is 2.52 bits per heavy atom. The van der Waals surface area contributed by atoms with Gasteiger partial charge in [-0.15, -0.1) is 0 Å². The smallest absolute Gasteiger partial charge is 0.335 e. The topological polar surface area (TPSA) is 101 Å². The third kappa shape index (κ3) is 4.14. The molecule has 1 aromatic heterocycles. The van der Waals surface area contributed by atoms with Gasteiger partial charge in [-0.25, -0.2) is 22.9 Å². The number of aromatic nitrogens is 2. The summed E-state index contributed by atoms with van der Waals surface area (Å²) >= 11 is 0. The Balaban J connectivity index is 2.00. The predicted molar refractivity (Wildman–Crippen MR) is 76.1 cm³/mol. The highest BCUT2D eigenvalue weighted by molar-refractivity contribution is 7.88. The molecule has 0 aliphatic rings.